The number of rotatable bonds is 5. The Balaban J connectivity index is 1.67. The standard InChI is InChI=1S/C19H17N3O4S/c23-18(13-7-9-14(10-8-13)22(24)25)21(12-15-4-3-11-26-15)19-20-16-5-1-2-6-17(16)27-19/h1-2,5-10,15H,3-4,11-12H2. The summed E-state index contributed by atoms with van der Waals surface area (Å²) in [5.74, 6) is -0.237. The van der Waals surface area contributed by atoms with Crippen LogP contribution in [0.5, 0.6) is 0 Å². The molecule has 4 rings (SSSR count). The predicted octanol–water partition coefficient (Wildman–Crippen LogP) is 4.03. The van der Waals surface area contributed by atoms with Crippen LogP contribution in [-0.2, 0) is 4.74 Å². The van der Waals surface area contributed by atoms with Crippen LogP contribution in [0.2, 0.25) is 0 Å². The van der Waals surface area contributed by atoms with Gasteiger partial charge in [0.1, 0.15) is 0 Å². The molecule has 1 unspecified atom stereocenters. The lowest BCUT2D eigenvalue weighted by Crippen LogP contribution is -2.37. The minimum Gasteiger partial charge on any atom is -0.376 e. The molecular weight excluding hydrogens is 366 g/mol. The number of aromatic nitrogens is 1. The number of para-hydroxylation sites is 1. The van der Waals surface area contributed by atoms with Gasteiger partial charge >= 0.3 is 0 Å². The molecule has 1 aliphatic rings. The second kappa shape index (κ2) is 7.42. The molecule has 2 aromatic carbocycles. The lowest BCUT2D eigenvalue weighted by molar-refractivity contribution is -0.384. The van der Waals surface area contributed by atoms with E-state index >= 15 is 0 Å². The fourth-order valence-corrected chi connectivity index (χ4v) is 4.07. The van der Waals surface area contributed by atoms with Crippen molar-refractivity contribution >= 4 is 38.3 Å². The summed E-state index contributed by atoms with van der Waals surface area (Å²) in [6.45, 7) is 1.11. The van der Waals surface area contributed by atoms with E-state index < -0.39 is 4.92 Å². The molecule has 2 heterocycles. The summed E-state index contributed by atoms with van der Waals surface area (Å²) < 4.78 is 6.71. The zero-order chi connectivity index (χ0) is 18.8. The lowest BCUT2D eigenvalue weighted by Gasteiger charge is -2.23. The number of nitro groups is 1. The normalized spacial score (nSPS) is 16.5. The van der Waals surface area contributed by atoms with Gasteiger partial charge in [-0.05, 0) is 37.1 Å². The molecule has 1 fully saturated rings. The van der Waals surface area contributed by atoms with Crippen LogP contribution in [0.4, 0.5) is 10.8 Å². The zero-order valence-electron chi connectivity index (χ0n) is 14.4. The van der Waals surface area contributed by atoms with Crippen LogP contribution in [0.3, 0.4) is 0 Å². The van der Waals surface area contributed by atoms with Gasteiger partial charge in [0.25, 0.3) is 11.6 Å². The number of ether oxygens (including phenoxy) is 1. The molecule has 8 heteroatoms. The van der Waals surface area contributed by atoms with Gasteiger partial charge in [-0.1, -0.05) is 23.5 Å². The van der Waals surface area contributed by atoms with Crippen molar-refractivity contribution in [1.29, 1.82) is 0 Å². The smallest absolute Gasteiger partial charge is 0.269 e. The number of carbonyl (C=O) groups excluding carboxylic acids is 1. The van der Waals surface area contributed by atoms with Crippen LogP contribution in [0, 0.1) is 10.1 Å². The van der Waals surface area contributed by atoms with Gasteiger partial charge in [0.2, 0.25) is 0 Å². The number of nitrogens with zero attached hydrogens (tertiary/aromatic N) is 3. The van der Waals surface area contributed by atoms with Gasteiger partial charge in [-0.25, -0.2) is 4.98 Å². The summed E-state index contributed by atoms with van der Waals surface area (Å²) in [4.78, 5) is 29.8. The Kier molecular flexibility index (Phi) is 4.83. The minimum absolute atomic E-state index is 0.0287. The predicted molar refractivity (Wildman–Crippen MR) is 103 cm³/mol. The Bertz CT molecular complexity index is 947. The number of thiazole rings is 1. The summed E-state index contributed by atoms with van der Waals surface area (Å²) in [6, 6.07) is 13.4. The average Bonchev–Trinajstić information content (AvgIpc) is 3.34. The van der Waals surface area contributed by atoms with Crippen LogP contribution in [-0.4, -0.2) is 35.1 Å². The number of hydrogen-bond donors (Lipinski definition) is 0. The Morgan fingerprint density at radius 2 is 2.04 bits per heavy atom. The molecule has 0 N–H and O–H groups in total. The molecule has 138 valence electrons. The molecule has 0 spiro atoms. The van der Waals surface area contributed by atoms with Gasteiger partial charge in [0.05, 0.1) is 27.8 Å². The number of amides is 1. The third kappa shape index (κ3) is 3.67. The Labute approximate surface area is 159 Å². The van der Waals surface area contributed by atoms with E-state index in [4.69, 9.17) is 4.74 Å². The maximum Gasteiger partial charge on any atom is 0.269 e. The van der Waals surface area contributed by atoms with Crippen LogP contribution in [0.15, 0.2) is 48.5 Å². The highest BCUT2D eigenvalue weighted by molar-refractivity contribution is 7.22. The van der Waals surface area contributed by atoms with Gasteiger partial charge in [-0.15, -0.1) is 0 Å². The molecule has 0 saturated carbocycles. The van der Waals surface area contributed by atoms with E-state index in [2.05, 4.69) is 4.98 Å². The van der Waals surface area contributed by atoms with E-state index in [1.165, 1.54) is 35.6 Å². The summed E-state index contributed by atoms with van der Waals surface area (Å²) >= 11 is 1.45. The molecule has 1 aliphatic heterocycles. The maximum absolute atomic E-state index is 13.2. The second-order valence-corrected chi connectivity index (χ2v) is 7.33. The highest BCUT2D eigenvalue weighted by Crippen LogP contribution is 2.31. The fourth-order valence-electron chi connectivity index (χ4n) is 3.10. The molecule has 1 amide bonds. The number of anilines is 1. The first-order valence-corrected chi connectivity index (χ1v) is 9.47. The third-order valence-corrected chi connectivity index (χ3v) is 5.55. The highest BCUT2D eigenvalue weighted by atomic mass is 32.1. The molecular formula is C19H17N3O4S. The molecule has 3 aromatic rings. The Hall–Kier alpha value is -2.84. The SMILES string of the molecule is O=C(c1ccc([N+](=O)[O-])cc1)N(CC1CCCO1)c1nc2ccccc2s1. The number of non-ortho nitro benzene ring substituents is 1. The second-order valence-electron chi connectivity index (χ2n) is 6.32. The molecule has 0 aliphatic carbocycles. The first-order chi connectivity index (χ1) is 13.1. The van der Waals surface area contributed by atoms with Crippen LogP contribution < -0.4 is 4.90 Å². The third-order valence-electron chi connectivity index (χ3n) is 4.49. The van der Waals surface area contributed by atoms with E-state index in [9.17, 15) is 14.9 Å². The van der Waals surface area contributed by atoms with Crippen LogP contribution >= 0.6 is 11.3 Å². The van der Waals surface area contributed by atoms with E-state index in [0.717, 1.165) is 23.1 Å². The fraction of sp³-hybridized carbons (Fsp3) is 0.263. The number of carbonyl (C=O) groups is 1. The number of fused-ring (bicyclic) bond motifs is 1. The molecule has 1 atom stereocenters. The number of nitro benzene ring substituents is 1. The maximum atomic E-state index is 13.2. The number of benzene rings is 2. The largest absolute Gasteiger partial charge is 0.376 e. The van der Waals surface area contributed by atoms with Gasteiger partial charge in [-0.2, -0.15) is 0 Å². The molecule has 0 radical (unpaired) electrons. The highest BCUT2D eigenvalue weighted by Gasteiger charge is 2.27. The Morgan fingerprint density at radius 1 is 1.26 bits per heavy atom. The van der Waals surface area contributed by atoms with Crippen molar-refractivity contribution in [1.82, 2.24) is 4.98 Å². The zero-order valence-corrected chi connectivity index (χ0v) is 15.2. The van der Waals surface area contributed by atoms with E-state index in [1.807, 2.05) is 24.3 Å². The Morgan fingerprint density at radius 3 is 2.70 bits per heavy atom. The van der Waals surface area contributed by atoms with Crippen molar-refractivity contribution in [3.05, 3.63) is 64.2 Å². The van der Waals surface area contributed by atoms with Crippen molar-refractivity contribution in [2.75, 3.05) is 18.1 Å². The summed E-state index contributed by atoms with van der Waals surface area (Å²) in [5, 5.41) is 11.5. The number of hydrogen-bond acceptors (Lipinski definition) is 6. The van der Waals surface area contributed by atoms with Crippen LogP contribution in [0.25, 0.3) is 10.2 Å². The quantitative estimate of drug-likeness (QED) is 0.490. The minimum atomic E-state index is -0.480. The van der Waals surface area contributed by atoms with Crippen molar-refractivity contribution in [2.45, 2.75) is 18.9 Å². The summed E-state index contributed by atoms with van der Waals surface area (Å²) in [5.41, 5.74) is 1.18. The summed E-state index contributed by atoms with van der Waals surface area (Å²) in [7, 11) is 0. The molecule has 1 saturated heterocycles. The van der Waals surface area contributed by atoms with Crippen LogP contribution in [0.1, 0.15) is 23.2 Å². The van der Waals surface area contributed by atoms with Crippen molar-refractivity contribution in [3.63, 3.8) is 0 Å². The topological polar surface area (TPSA) is 85.6 Å². The lowest BCUT2D eigenvalue weighted by atomic mass is 10.1. The molecule has 1 aromatic heterocycles. The van der Waals surface area contributed by atoms with Gasteiger partial charge in [0, 0.05) is 24.3 Å². The van der Waals surface area contributed by atoms with E-state index in [1.54, 1.807) is 4.90 Å². The molecule has 27 heavy (non-hydrogen) atoms. The van der Waals surface area contributed by atoms with Crippen molar-refractivity contribution in [2.24, 2.45) is 0 Å². The van der Waals surface area contributed by atoms with Crippen molar-refractivity contribution in [3.8, 4) is 0 Å². The first-order valence-electron chi connectivity index (χ1n) is 8.65. The molecule has 7 nitrogen and oxygen atoms in total. The van der Waals surface area contributed by atoms with E-state index in [-0.39, 0.29) is 17.7 Å². The monoisotopic (exact) mass is 383 g/mol. The van der Waals surface area contributed by atoms with Gasteiger partial charge < -0.3 is 4.74 Å². The van der Waals surface area contributed by atoms with Crippen molar-refractivity contribution < 1.29 is 14.5 Å². The first kappa shape index (κ1) is 17.6. The van der Waals surface area contributed by atoms with Gasteiger partial charge in [-0.3, -0.25) is 19.8 Å². The van der Waals surface area contributed by atoms with E-state index in [0.29, 0.717) is 23.8 Å². The average molecular weight is 383 g/mol. The van der Waals surface area contributed by atoms with Gasteiger partial charge in [0.15, 0.2) is 5.13 Å². The summed E-state index contributed by atoms with van der Waals surface area (Å²) in [6.07, 6.45) is 1.85. The molecule has 0 bridgehead atoms.